The van der Waals surface area contributed by atoms with Crippen molar-refractivity contribution in [3.05, 3.63) is 42.5 Å². The molecule has 3 N–H and O–H groups in total. The lowest BCUT2D eigenvalue weighted by Crippen LogP contribution is -2.39. The second-order valence-electron chi connectivity index (χ2n) is 9.42. The minimum Gasteiger partial charge on any atom is -0.387 e. The normalized spacial score (nSPS) is 28.4. The van der Waals surface area contributed by atoms with Gasteiger partial charge in [-0.25, -0.2) is 19.5 Å². The Bertz CT molecular complexity index is 1290. The first-order valence-electron chi connectivity index (χ1n) is 11.4. The maximum atomic E-state index is 13.3. The van der Waals surface area contributed by atoms with Crippen LogP contribution in [0.3, 0.4) is 0 Å². The quantitative estimate of drug-likeness (QED) is 0.301. The van der Waals surface area contributed by atoms with E-state index >= 15 is 0 Å². The van der Waals surface area contributed by atoms with Crippen LogP contribution in [0.2, 0.25) is 0 Å². The lowest BCUT2D eigenvalue weighted by Gasteiger charge is -2.31. The second kappa shape index (κ2) is 10.5. The largest absolute Gasteiger partial charge is 0.475 e. The average molecular weight is 570 g/mol. The molecule has 2 saturated heterocycles. The average Bonchev–Trinajstić information content (AvgIpc) is 3.40. The molecule has 2 fully saturated rings. The lowest BCUT2D eigenvalue weighted by atomic mass is 10.1. The van der Waals surface area contributed by atoms with Crippen LogP contribution in [0.5, 0.6) is 0 Å². The zero-order chi connectivity index (χ0) is 25.5. The van der Waals surface area contributed by atoms with Crippen LogP contribution in [0.4, 0.5) is 5.82 Å². The predicted octanol–water partition coefficient (Wildman–Crippen LogP) is 4.71. The molecule has 0 radical (unpaired) electrons. The van der Waals surface area contributed by atoms with E-state index in [4.69, 9.17) is 19.3 Å². The molecule has 0 saturated carbocycles. The summed E-state index contributed by atoms with van der Waals surface area (Å²) in [5.41, 5.74) is 7.97. The van der Waals surface area contributed by atoms with Crippen LogP contribution in [-0.4, -0.2) is 60.0 Å². The molecule has 36 heavy (non-hydrogen) atoms. The summed E-state index contributed by atoms with van der Waals surface area (Å²) in [5.74, 6) is 0.267. The van der Waals surface area contributed by atoms with E-state index in [0.717, 1.165) is 10.5 Å². The molecule has 14 heteroatoms. The number of aliphatic hydroxyl groups is 1. The number of nitrogen functional groups attached to an aromatic ring is 1. The van der Waals surface area contributed by atoms with Crippen molar-refractivity contribution < 1.29 is 23.2 Å². The number of hydrogen-bond acceptors (Lipinski definition) is 12. The minimum absolute atomic E-state index is 0.125. The highest BCUT2D eigenvalue weighted by atomic mass is 33.1. The highest BCUT2D eigenvalue weighted by Crippen LogP contribution is 2.60. The summed E-state index contributed by atoms with van der Waals surface area (Å²) in [4.78, 5) is 13.6. The molecular formula is C22H28N5O5PS3. The van der Waals surface area contributed by atoms with Crippen molar-refractivity contribution in [3.8, 4) is 0 Å². The SMILES string of the molecule is CC(C)(C)SSc1ccccc1CCOP1(=O)OC[C@H]2S[C@@H](n3cnc4c(N)ncnc43)[C@H](O)[C@@H]2O1. The first-order chi connectivity index (χ1) is 17.1. The third kappa shape index (κ3) is 5.58. The maximum Gasteiger partial charge on any atom is 0.475 e. The van der Waals surface area contributed by atoms with Crippen LogP contribution >= 0.6 is 41.2 Å². The number of hydrogen-bond donors (Lipinski definition) is 2. The van der Waals surface area contributed by atoms with E-state index in [0.29, 0.717) is 17.6 Å². The van der Waals surface area contributed by atoms with Gasteiger partial charge in [0.15, 0.2) is 11.5 Å². The van der Waals surface area contributed by atoms with Gasteiger partial charge in [-0.2, -0.15) is 0 Å². The minimum atomic E-state index is -3.83. The van der Waals surface area contributed by atoms with Crippen molar-refractivity contribution in [3.63, 3.8) is 0 Å². The standard InChI is InChI=1S/C22H28N5O5PS3/c1-22(2,3)36-35-14-7-5-4-6-13(14)8-9-30-33(29)31-10-15-18(32-33)17(28)21(34-15)27-12-26-16-19(23)24-11-25-20(16)27/h4-7,11-12,15,17-18,21,28H,8-10H2,1-3H3,(H2,23,24,25)/t15-,17-,18-,21-,33?/m1/s1. The van der Waals surface area contributed by atoms with E-state index in [2.05, 4.69) is 41.8 Å². The molecule has 2 aromatic heterocycles. The molecule has 0 spiro atoms. The molecule has 4 heterocycles. The first kappa shape index (κ1) is 26.3. The van der Waals surface area contributed by atoms with Gasteiger partial charge in [-0.05, 0) is 18.1 Å². The Balaban J connectivity index is 1.22. The fraction of sp³-hybridized carbons (Fsp3) is 0.500. The van der Waals surface area contributed by atoms with Gasteiger partial charge < -0.3 is 10.8 Å². The Labute approximate surface area is 221 Å². The Morgan fingerprint density at radius 1 is 1.31 bits per heavy atom. The van der Waals surface area contributed by atoms with E-state index in [1.54, 1.807) is 32.5 Å². The molecule has 1 unspecified atom stereocenters. The van der Waals surface area contributed by atoms with E-state index in [1.807, 2.05) is 18.2 Å². The fourth-order valence-corrected chi connectivity index (χ4v) is 9.25. The molecule has 2 aliphatic rings. The number of aliphatic hydroxyl groups excluding tert-OH is 1. The molecule has 194 valence electrons. The van der Waals surface area contributed by atoms with E-state index < -0.39 is 25.4 Å². The number of phosphoric ester groups is 1. The molecule has 0 amide bonds. The Hall–Kier alpha value is -1.31. The van der Waals surface area contributed by atoms with Gasteiger partial charge in [0, 0.05) is 9.64 Å². The van der Waals surface area contributed by atoms with Crippen LogP contribution in [0, 0.1) is 0 Å². The number of fused-ring (bicyclic) bond motifs is 2. The molecule has 0 aliphatic carbocycles. The zero-order valence-electron chi connectivity index (χ0n) is 20.0. The maximum absolute atomic E-state index is 13.3. The molecule has 2 aliphatic heterocycles. The highest BCUT2D eigenvalue weighted by Gasteiger charge is 2.53. The Morgan fingerprint density at radius 3 is 2.92 bits per heavy atom. The van der Waals surface area contributed by atoms with Crippen molar-refractivity contribution in [2.45, 2.75) is 59.7 Å². The summed E-state index contributed by atoms with van der Waals surface area (Å²) in [6.07, 6.45) is 1.79. The molecule has 5 rings (SSSR count). The lowest BCUT2D eigenvalue weighted by molar-refractivity contribution is -0.0272. The fourth-order valence-electron chi connectivity index (χ4n) is 3.91. The molecule has 10 nitrogen and oxygen atoms in total. The number of aromatic nitrogens is 4. The van der Waals surface area contributed by atoms with E-state index in [9.17, 15) is 9.67 Å². The summed E-state index contributed by atoms with van der Waals surface area (Å²) in [6.45, 7) is 6.82. The third-order valence-corrected chi connectivity index (χ3v) is 12.0. The number of thioether (sulfide) groups is 1. The van der Waals surface area contributed by atoms with Gasteiger partial charge in [0.05, 0.1) is 24.8 Å². The molecular weight excluding hydrogens is 541 g/mol. The monoisotopic (exact) mass is 569 g/mol. The van der Waals surface area contributed by atoms with Crippen molar-refractivity contribution >= 4 is 58.2 Å². The molecule has 5 atom stereocenters. The number of rotatable bonds is 7. The van der Waals surface area contributed by atoms with Crippen LogP contribution in [0.15, 0.2) is 41.8 Å². The van der Waals surface area contributed by atoms with Crippen LogP contribution < -0.4 is 5.73 Å². The predicted molar refractivity (Wildman–Crippen MR) is 144 cm³/mol. The molecule has 1 aromatic carbocycles. The number of nitrogens with zero attached hydrogens (tertiary/aromatic N) is 4. The van der Waals surface area contributed by atoms with Gasteiger partial charge in [0.1, 0.15) is 29.4 Å². The smallest absolute Gasteiger partial charge is 0.387 e. The van der Waals surface area contributed by atoms with Gasteiger partial charge in [0.2, 0.25) is 0 Å². The van der Waals surface area contributed by atoms with Crippen LogP contribution in [-0.2, 0) is 24.6 Å². The zero-order valence-corrected chi connectivity index (χ0v) is 23.4. The van der Waals surface area contributed by atoms with Gasteiger partial charge in [-0.3, -0.25) is 18.1 Å². The van der Waals surface area contributed by atoms with Crippen molar-refractivity contribution in [1.29, 1.82) is 0 Å². The summed E-state index contributed by atoms with van der Waals surface area (Å²) in [5, 5.41) is 10.4. The highest BCUT2D eigenvalue weighted by molar-refractivity contribution is 8.77. The summed E-state index contributed by atoms with van der Waals surface area (Å²) in [7, 11) is -0.315. The van der Waals surface area contributed by atoms with E-state index in [1.165, 1.54) is 18.1 Å². The number of benzene rings is 1. The van der Waals surface area contributed by atoms with E-state index in [-0.39, 0.29) is 29.0 Å². The van der Waals surface area contributed by atoms with Crippen molar-refractivity contribution in [1.82, 2.24) is 19.5 Å². The topological polar surface area (TPSA) is 135 Å². The third-order valence-electron chi connectivity index (χ3n) is 5.59. The van der Waals surface area contributed by atoms with Gasteiger partial charge in [-0.1, -0.05) is 60.6 Å². The number of nitrogens with two attached hydrogens (primary N) is 1. The number of imidazole rings is 1. The van der Waals surface area contributed by atoms with Gasteiger partial charge >= 0.3 is 7.82 Å². The summed E-state index contributed by atoms with van der Waals surface area (Å²) >= 11 is 1.45. The van der Waals surface area contributed by atoms with Crippen molar-refractivity contribution in [2.75, 3.05) is 18.9 Å². The number of phosphoric acid groups is 1. The van der Waals surface area contributed by atoms with Gasteiger partial charge in [0.25, 0.3) is 0 Å². The molecule has 3 aromatic rings. The van der Waals surface area contributed by atoms with Crippen LogP contribution in [0.25, 0.3) is 11.2 Å². The number of anilines is 1. The Morgan fingerprint density at radius 2 is 2.11 bits per heavy atom. The summed E-state index contributed by atoms with van der Waals surface area (Å²) < 4.78 is 32.1. The van der Waals surface area contributed by atoms with Crippen molar-refractivity contribution in [2.24, 2.45) is 0 Å². The molecule has 0 bridgehead atoms. The Kier molecular flexibility index (Phi) is 7.64. The second-order valence-corrected chi connectivity index (χ2v) is 15.4. The summed E-state index contributed by atoms with van der Waals surface area (Å²) in [6, 6.07) is 8.10. The van der Waals surface area contributed by atoms with Gasteiger partial charge in [-0.15, -0.1) is 11.8 Å². The van der Waals surface area contributed by atoms with Crippen LogP contribution in [0.1, 0.15) is 31.7 Å². The first-order valence-corrected chi connectivity index (χ1v) is 16.0.